The van der Waals surface area contributed by atoms with Crippen molar-refractivity contribution in [2.24, 2.45) is 11.8 Å². The first kappa shape index (κ1) is 36.2. The van der Waals surface area contributed by atoms with E-state index in [2.05, 4.69) is 5.32 Å². The first-order chi connectivity index (χ1) is 23.0. The lowest BCUT2D eigenvalue weighted by Gasteiger charge is -2.30. The Balaban J connectivity index is 1.42. The normalized spacial score (nSPS) is 29.0. The van der Waals surface area contributed by atoms with Crippen molar-refractivity contribution < 1.29 is 51.4 Å². The quantitative estimate of drug-likeness (QED) is 0.265. The van der Waals surface area contributed by atoms with Crippen molar-refractivity contribution in [3.8, 4) is 0 Å². The van der Waals surface area contributed by atoms with Crippen LogP contribution in [-0.4, -0.2) is 82.0 Å². The van der Waals surface area contributed by atoms with Crippen molar-refractivity contribution in [1.29, 1.82) is 0 Å². The second kappa shape index (κ2) is 14.0. The zero-order valence-corrected chi connectivity index (χ0v) is 28.3. The number of benzene rings is 1. The largest absolute Gasteiger partial charge is 0.464 e. The second-order valence-corrected chi connectivity index (χ2v) is 14.3. The van der Waals surface area contributed by atoms with Gasteiger partial charge in [-0.3, -0.25) is 19.3 Å². The monoisotopic (exact) mass is 691 g/mol. The highest BCUT2D eigenvalue weighted by Crippen LogP contribution is 2.46. The number of halogens is 3. The Bertz CT molecular complexity index is 1510. The Labute approximate surface area is 283 Å². The highest BCUT2D eigenvalue weighted by Gasteiger charge is 2.62. The van der Waals surface area contributed by atoms with E-state index in [9.17, 15) is 28.4 Å². The zero-order valence-electron chi connectivity index (χ0n) is 28.3. The molecule has 5 atom stereocenters. The van der Waals surface area contributed by atoms with Gasteiger partial charge in [0, 0.05) is 43.2 Å². The predicted octanol–water partition coefficient (Wildman–Crippen LogP) is 4.80. The van der Waals surface area contributed by atoms with Gasteiger partial charge < -0.3 is 24.4 Å². The number of esters is 2. The maximum atomic E-state index is 15.1. The minimum absolute atomic E-state index is 0.00241. The summed E-state index contributed by atoms with van der Waals surface area (Å²) in [4.78, 5) is 69.9. The molecule has 0 spiro atoms. The molecule has 1 aromatic carbocycles. The summed E-state index contributed by atoms with van der Waals surface area (Å²) in [6.07, 6.45) is -0.672. The van der Waals surface area contributed by atoms with E-state index in [1.807, 2.05) is 0 Å². The van der Waals surface area contributed by atoms with Crippen LogP contribution in [0.3, 0.4) is 0 Å². The van der Waals surface area contributed by atoms with Gasteiger partial charge in [-0.25, -0.2) is 22.8 Å². The van der Waals surface area contributed by atoms with Crippen LogP contribution in [0.5, 0.6) is 0 Å². The van der Waals surface area contributed by atoms with Crippen LogP contribution >= 0.6 is 0 Å². The van der Waals surface area contributed by atoms with Crippen LogP contribution < -0.4 is 5.32 Å². The number of carbonyl (C=O) groups is 5. The average Bonchev–Trinajstić information content (AvgIpc) is 3.32. The molecule has 1 aromatic rings. The molecule has 0 bridgehead atoms. The summed E-state index contributed by atoms with van der Waals surface area (Å²) in [6.45, 7) is 6.40. The van der Waals surface area contributed by atoms with E-state index in [1.165, 1.54) is 11.0 Å². The first-order valence-corrected chi connectivity index (χ1v) is 16.8. The van der Waals surface area contributed by atoms with Crippen LogP contribution in [0.4, 0.5) is 18.0 Å². The molecule has 1 saturated carbocycles. The van der Waals surface area contributed by atoms with Gasteiger partial charge in [0.05, 0.1) is 26.1 Å². The lowest BCUT2D eigenvalue weighted by Crippen LogP contribution is -2.54. The molecule has 14 heteroatoms. The molecule has 0 radical (unpaired) electrons. The number of allylic oxidation sites excluding steroid dienone is 1. The van der Waals surface area contributed by atoms with Crippen molar-refractivity contribution in [3.05, 3.63) is 47.3 Å². The van der Waals surface area contributed by atoms with Gasteiger partial charge in [0.15, 0.2) is 0 Å². The third-order valence-electron chi connectivity index (χ3n) is 9.39. The molecule has 1 N–H and O–H groups in total. The number of alkyl halides is 2. The van der Waals surface area contributed by atoms with Gasteiger partial charge in [-0.1, -0.05) is 24.3 Å². The van der Waals surface area contributed by atoms with Gasteiger partial charge >= 0.3 is 18.0 Å². The van der Waals surface area contributed by atoms with Gasteiger partial charge in [0.1, 0.15) is 29.1 Å². The summed E-state index contributed by atoms with van der Waals surface area (Å²) in [5.74, 6) is -8.30. The number of rotatable bonds is 5. The van der Waals surface area contributed by atoms with E-state index in [-0.39, 0.29) is 51.9 Å². The molecule has 3 aliphatic heterocycles. The smallest absolute Gasteiger partial charge is 0.410 e. The molecule has 268 valence electrons. The number of amides is 3. The number of hydrogen-bond acceptors (Lipinski definition) is 8. The van der Waals surface area contributed by atoms with Crippen molar-refractivity contribution in [3.63, 3.8) is 0 Å². The Morgan fingerprint density at radius 1 is 1.10 bits per heavy atom. The highest BCUT2D eigenvalue weighted by atomic mass is 19.3. The van der Waals surface area contributed by atoms with Crippen molar-refractivity contribution in [1.82, 2.24) is 15.1 Å². The van der Waals surface area contributed by atoms with Gasteiger partial charge in [-0.05, 0) is 58.6 Å². The van der Waals surface area contributed by atoms with Gasteiger partial charge in [0.25, 0.3) is 0 Å². The third-order valence-corrected chi connectivity index (χ3v) is 9.39. The number of nitrogens with zero attached hydrogens (tertiary/aromatic N) is 2. The van der Waals surface area contributed by atoms with E-state index >= 15 is 8.78 Å². The predicted molar refractivity (Wildman–Crippen MR) is 168 cm³/mol. The van der Waals surface area contributed by atoms with Gasteiger partial charge in [-0.2, -0.15) is 0 Å². The molecule has 0 unspecified atom stereocenters. The molecular weight excluding hydrogens is 647 g/mol. The summed E-state index contributed by atoms with van der Waals surface area (Å²) >= 11 is 0. The molecule has 2 fully saturated rings. The maximum Gasteiger partial charge on any atom is 0.410 e. The average molecular weight is 692 g/mol. The lowest BCUT2D eigenvalue weighted by atomic mass is 9.93. The first-order valence-electron chi connectivity index (χ1n) is 16.8. The van der Waals surface area contributed by atoms with Crippen LogP contribution in [0.2, 0.25) is 0 Å². The molecule has 1 aliphatic carbocycles. The summed E-state index contributed by atoms with van der Waals surface area (Å²) in [5.41, 5.74) is -1.35. The Hall–Kier alpha value is -4.10. The number of hydrogen-bond donors (Lipinski definition) is 1. The van der Waals surface area contributed by atoms with Crippen LogP contribution in [0.1, 0.15) is 83.8 Å². The Morgan fingerprint density at radius 3 is 2.55 bits per heavy atom. The molecule has 3 heterocycles. The number of carbonyl (C=O) groups excluding carboxylic acids is 5. The molecular formula is C35H44F3N3O8. The number of fused-ring (bicyclic) bond motifs is 3. The standard InChI is InChI=1S/C35H44F3N3O8/c1-5-47-31(45)35-17-23(35)10-6-7-13-34(37,38)14-12-21(15-28(42)49-33(2,3)4)30(44)41-19-24(16-27(41)29(43)39-35)48-32(46)40-18-22-9-8-11-26(36)25(22)20-40/h6,8-11,21,23-24,27H,5,7,12-20H2,1-4H3,(H,39,43)/b10-6-/t21-,23-,24-,27+,35-/m1/s1. The molecule has 0 aromatic heterocycles. The van der Waals surface area contributed by atoms with E-state index in [1.54, 1.807) is 52.0 Å². The summed E-state index contributed by atoms with van der Waals surface area (Å²) in [7, 11) is 0. The fourth-order valence-electron chi connectivity index (χ4n) is 6.81. The SMILES string of the molecule is CCOC(=O)[C@@]12C[C@H]1/C=C\CCC(F)(F)CC[C@H](CC(=O)OC(C)(C)C)C(=O)N1C[C@H](OC(=O)N3Cc4cccc(F)c4C3)C[C@H]1C(=O)N2. The molecule has 11 nitrogen and oxygen atoms in total. The summed E-state index contributed by atoms with van der Waals surface area (Å²) in [6, 6.07) is 3.28. The highest BCUT2D eigenvalue weighted by molar-refractivity contribution is 5.96. The van der Waals surface area contributed by atoms with Crippen molar-refractivity contribution >= 4 is 29.8 Å². The fraction of sp³-hybridized carbons (Fsp3) is 0.629. The zero-order chi connectivity index (χ0) is 35.7. The summed E-state index contributed by atoms with van der Waals surface area (Å²) < 4.78 is 60.9. The van der Waals surface area contributed by atoms with Crippen LogP contribution in [0.25, 0.3) is 0 Å². The molecule has 4 aliphatic rings. The Kier molecular flexibility index (Phi) is 10.4. The number of ether oxygens (including phenoxy) is 3. The maximum absolute atomic E-state index is 15.1. The van der Waals surface area contributed by atoms with E-state index in [0.29, 0.717) is 11.1 Å². The van der Waals surface area contributed by atoms with Crippen LogP contribution in [0, 0.1) is 17.7 Å². The Morgan fingerprint density at radius 2 is 1.86 bits per heavy atom. The summed E-state index contributed by atoms with van der Waals surface area (Å²) in [5, 5.41) is 2.77. The van der Waals surface area contributed by atoms with E-state index < -0.39 is 96.0 Å². The van der Waals surface area contributed by atoms with Crippen LogP contribution in [0.15, 0.2) is 30.4 Å². The third kappa shape index (κ3) is 8.38. The molecule has 3 amide bonds. The lowest BCUT2D eigenvalue weighted by molar-refractivity contribution is -0.159. The van der Waals surface area contributed by atoms with Crippen LogP contribution in [-0.2, 0) is 46.5 Å². The number of nitrogens with one attached hydrogen (secondary N) is 1. The molecule has 1 saturated heterocycles. The second-order valence-electron chi connectivity index (χ2n) is 14.3. The van der Waals surface area contributed by atoms with Gasteiger partial charge in [-0.15, -0.1) is 0 Å². The molecule has 5 rings (SSSR count). The molecule has 49 heavy (non-hydrogen) atoms. The van der Waals surface area contributed by atoms with Crippen molar-refractivity contribution in [2.45, 2.75) is 115 Å². The minimum atomic E-state index is -3.16. The fourth-order valence-corrected chi connectivity index (χ4v) is 6.81. The van der Waals surface area contributed by atoms with Crippen molar-refractivity contribution in [2.75, 3.05) is 13.2 Å². The van der Waals surface area contributed by atoms with Gasteiger partial charge in [0.2, 0.25) is 17.7 Å². The minimum Gasteiger partial charge on any atom is -0.464 e. The van der Waals surface area contributed by atoms with E-state index in [0.717, 1.165) is 4.90 Å². The van der Waals surface area contributed by atoms with E-state index in [4.69, 9.17) is 14.2 Å². The topological polar surface area (TPSA) is 132 Å².